The maximum atomic E-state index is 11.9. The molecule has 0 amide bonds. The van der Waals surface area contributed by atoms with E-state index in [0.717, 1.165) is 12.8 Å². The van der Waals surface area contributed by atoms with Crippen LogP contribution in [0.3, 0.4) is 0 Å². The van der Waals surface area contributed by atoms with E-state index in [9.17, 15) is 13.2 Å². The van der Waals surface area contributed by atoms with Gasteiger partial charge in [-0.2, -0.15) is 13.2 Å². The standard InChI is InChI=1S/C11H23F3N2/c1-3-10(4-2,8-15)9-16-7-5-6-11(12,13)14/h16H,3-9,15H2,1-2H3. The highest BCUT2D eigenvalue weighted by Gasteiger charge is 2.26. The number of rotatable bonds is 8. The number of halogens is 3. The van der Waals surface area contributed by atoms with Gasteiger partial charge in [0.2, 0.25) is 0 Å². The maximum Gasteiger partial charge on any atom is 0.389 e. The number of alkyl halides is 3. The Balaban J connectivity index is 3.71. The highest BCUT2D eigenvalue weighted by atomic mass is 19.4. The molecule has 0 saturated heterocycles. The lowest BCUT2D eigenvalue weighted by Crippen LogP contribution is -2.40. The Hall–Kier alpha value is -0.290. The van der Waals surface area contributed by atoms with Crippen LogP contribution < -0.4 is 11.1 Å². The van der Waals surface area contributed by atoms with Crippen LogP contribution in [0, 0.1) is 5.41 Å². The first-order chi connectivity index (χ1) is 7.39. The summed E-state index contributed by atoms with van der Waals surface area (Å²) in [5.74, 6) is 0. The van der Waals surface area contributed by atoms with Gasteiger partial charge in [0.1, 0.15) is 0 Å². The fraction of sp³-hybridized carbons (Fsp3) is 1.00. The van der Waals surface area contributed by atoms with Crippen LogP contribution in [0.15, 0.2) is 0 Å². The predicted molar refractivity (Wildman–Crippen MR) is 60.2 cm³/mol. The molecule has 0 aromatic carbocycles. The largest absolute Gasteiger partial charge is 0.389 e. The van der Waals surface area contributed by atoms with Gasteiger partial charge in [-0.05, 0) is 37.8 Å². The first-order valence-corrected chi connectivity index (χ1v) is 5.86. The Labute approximate surface area is 95.8 Å². The molecule has 98 valence electrons. The molecule has 0 radical (unpaired) electrons. The molecular weight excluding hydrogens is 217 g/mol. The van der Waals surface area contributed by atoms with E-state index < -0.39 is 12.6 Å². The first-order valence-electron chi connectivity index (χ1n) is 5.86. The molecule has 3 N–H and O–H groups in total. The summed E-state index contributed by atoms with van der Waals surface area (Å²) in [7, 11) is 0. The SMILES string of the molecule is CCC(CC)(CN)CNCCCC(F)(F)F. The first kappa shape index (κ1) is 15.7. The normalized spacial score (nSPS) is 13.1. The van der Waals surface area contributed by atoms with Crippen molar-refractivity contribution in [3.63, 3.8) is 0 Å². The third kappa shape index (κ3) is 6.33. The minimum atomic E-state index is -4.04. The zero-order valence-electron chi connectivity index (χ0n) is 10.2. The molecular formula is C11H23F3N2. The Kier molecular flexibility index (Phi) is 6.99. The van der Waals surface area contributed by atoms with E-state index in [1.165, 1.54) is 0 Å². The monoisotopic (exact) mass is 240 g/mol. The van der Waals surface area contributed by atoms with E-state index in [1.807, 2.05) is 0 Å². The fourth-order valence-corrected chi connectivity index (χ4v) is 1.63. The summed E-state index contributed by atoms with van der Waals surface area (Å²) >= 11 is 0. The molecule has 0 heterocycles. The van der Waals surface area contributed by atoms with Crippen LogP contribution in [0.2, 0.25) is 0 Å². The van der Waals surface area contributed by atoms with Crippen molar-refractivity contribution in [3.05, 3.63) is 0 Å². The lowest BCUT2D eigenvalue weighted by Gasteiger charge is -2.30. The quantitative estimate of drug-likeness (QED) is 0.640. The maximum absolute atomic E-state index is 11.9. The second kappa shape index (κ2) is 7.12. The number of hydrogen-bond donors (Lipinski definition) is 2. The molecule has 0 spiro atoms. The van der Waals surface area contributed by atoms with Gasteiger partial charge in [-0.3, -0.25) is 0 Å². The summed E-state index contributed by atoms with van der Waals surface area (Å²) in [5.41, 5.74) is 5.73. The van der Waals surface area contributed by atoms with Crippen LogP contribution in [-0.2, 0) is 0 Å². The molecule has 0 aliphatic carbocycles. The van der Waals surface area contributed by atoms with Crippen molar-refractivity contribution in [3.8, 4) is 0 Å². The molecule has 0 aliphatic rings. The highest BCUT2D eigenvalue weighted by molar-refractivity contribution is 4.79. The lowest BCUT2D eigenvalue weighted by molar-refractivity contribution is -0.135. The molecule has 0 aromatic rings. The lowest BCUT2D eigenvalue weighted by atomic mass is 9.82. The van der Waals surface area contributed by atoms with Gasteiger partial charge in [0.25, 0.3) is 0 Å². The van der Waals surface area contributed by atoms with Crippen LogP contribution in [0.25, 0.3) is 0 Å². The van der Waals surface area contributed by atoms with Crippen LogP contribution >= 0.6 is 0 Å². The van der Waals surface area contributed by atoms with Crippen molar-refractivity contribution in [1.29, 1.82) is 0 Å². The Bertz CT molecular complexity index is 168. The van der Waals surface area contributed by atoms with E-state index in [2.05, 4.69) is 19.2 Å². The van der Waals surface area contributed by atoms with Crippen molar-refractivity contribution in [2.45, 2.75) is 45.7 Å². The van der Waals surface area contributed by atoms with Crippen molar-refractivity contribution < 1.29 is 13.2 Å². The van der Waals surface area contributed by atoms with E-state index in [-0.39, 0.29) is 11.8 Å². The second-order valence-electron chi connectivity index (χ2n) is 4.31. The third-order valence-electron chi connectivity index (χ3n) is 3.25. The summed E-state index contributed by atoms with van der Waals surface area (Å²) in [6.45, 7) is 5.81. The molecule has 0 bridgehead atoms. The Morgan fingerprint density at radius 2 is 1.69 bits per heavy atom. The van der Waals surface area contributed by atoms with Gasteiger partial charge in [0.15, 0.2) is 0 Å². The molecule has 0 aromatic heterocycles. The molecule has 0 fully saturated rings. The van der Waals surface area contributed by atoms with Gasteiger partial charge in [-0.1, -0.05) is 13.8 Å². The summed E-state index contributed by atoms with van der Waals surface area (Å²) in [5, 5.41) is 3.07. The van der Waals surface area contributed by atoms with Gasteiger partial charge in [0.05, 0.1) is 0 Å². The predicted octanol–water partition coefficient (Wildman–Crippen LogP) is 2.68. The van der Waals surface area contributed by atoms with Gasteiger partial charge >= 0.3 is 6.18 Å². The van der Waals surface area contributed by atoms with Gasteiger partial charge in [-0.25, -0.2) is 0 Å². The second-order valence-corrected chi connectivity index (χ2v) is 4.31. The van der Waals surface area contributed by atoms with E-state index >= 15 is 0 Å². The van der Waals surface area contributed by atoms with Crippen molar-refractivity contribution in [2.24, 2.45) is 11.1 Å². The molecule has 5 heteroatoms. The van der Waals surface area contributed by atoms with Gasteiger partial charge in [0, 0.05) is 13.0 Å². The topological polar surface area (TPSA) is 38.0 Å². The smallest absolute Gasteiger partial charge is 0.330 e. The van der Waals surface area contributed by atoms with Crippen LogP contribution in [0.1, 0.15) is 39.5 Å². The summed E-state index contributed by atoms with van der Waals surface area (Å²) in [6, 6.07) is 0. The Morgan fingerprint density at radius 1 is 1.12 bits per heavy atom. The zero-order chi connectivity index (χ0) is 12.7. The molecule has 0 aliphatic heterocycles. The minimum absolute atomic E-state index is 0.0399. The third-order valence-corrected chi connectivity index (χ3v) is 3.25. The van der Waals surface area contributed by atoms with Crippen LogP contribution in [0.4, 0.5) is 13.2 Å². The molecule has 0 unspecified atom stereocenters. The van der Waals surface area contributed by atoms with Crippen LogP contribution in [-0.4, -0.2) is 25.8 Å². The average molecular weight is 240 g/mol. The average Bonchev–Trinajstić information content (AvgIpc) is 2.23. The summed E-state index contributed by atoms with van der Waals surface area (Å²) in [4.78, 5) is 0. The molecule has 2 nitrogen and oxygen atoms in total. The zero-order valence-corrected chi connectivity index (χ0v) is 10.2. The van der Waals surface area contributed by atoms with Crippen molar-refractivity contribution >= 4 is 0 Å². The van der Waals surface area contributed by atoms with E-state index in [4.69, 9.17) is 5.73 Å². The number of hydrogen-bond acceptors (Lipinski definition) is 2. The minimum Gasteiger partial charge on any atom is -0.330 e. The molecule has 0 rings (SSSR count). The van der Waals surface area contributed by atoms with E-state index in [1.54, 1.807) is 0 Å². The highest BCUT2D eigenvalue weighted by Crippen LogP contribution is 2.24. The Morgan fingerprint density at radius 3 is 2.06 bits per heavy atom. The number of nitrogens with two attached hydrogens (primary N) is 1. The fourth-order valence-electron chi connectivity index (χ4n) is 1.63. The summed E-state index contributed by atoms with van der Waals surface area (Å²) in [6.07, 6.45) is -2.72. The molecule has 16 heavy (non-hydrogen) atoms. The van der Waals surface area contributed by atoms with Crippen molar-refractivity contribution in [2.75, 3.05) is 19.6 Å². The molecule has 0 saturated carbocycles. The van der Waals surface area contributed by atoms with Crippen molar-refractivity contribution in [1.82, 2.24) is 5.32 Å². The van der Waals surface area contributed by atoms with E-state index in [0.29, 0.717) is 19.6 Å². The van der Waals surface area contributed by atoms with Gasteiger partial charge in [-0.15, -0.1) is 0 Å². The van der Waals surface area contributed by atoms with Crippen LogP contribution in [0.5, 0.6) is 0 Å². The number of nitrogens with one attached hydrogen (secondary N) is 1. The summed E-state index contributed by atoms with van der Waals surface area (Å²) < 4.78 is 35.6. The van der Waals surface area contributed by atoms with Gasteiger partial charge < -0.3 is 11.1 Å². The molecule has 0 atom stereocenters.